The second kappa shape index (κ2) is 12.4. The van der Waals surface area contributed by atoms with Crippen LogP contribution in [0.25, 0.3) is 0 Å². The van der Waals surface area contributed by atoms with Gasteiger partial charge in [-0.25, -0.2) is 0 Å². The van der Waals surface area contributed by atoms with Gasteiger partial charge in [0.1, 0.15) is 17.5 Å². The van der Waals surface area contributed by atoms with Gasteiger partial charge in [-0.05, 0) is 41.8 Å². The molecular weight excluding hydrogens is 402 g/mol. The van der Waals surface area contributed by atoms with E-state index in [2.05, 4.69) is 5.32 Å². The Kier molecular flexibility index (Phi) is 9.02. The minimum atomic E-state index is -0.682. The zero-order chi connectivity index (χ0) is 22.6. The standard InChI is InChI=1S/C27H29NO4/c1-2-9-27(30)28-25(20-31-19-22-10-5-3-6-11-22)26(29)18-21-14-16-24(17-15-21)32-23-12-7-4-8-13-23/h3-8,10-17,25H,2,9,18-20H2,1H3,(H,28,30). The summed E-state index contributed by atoms with van der Waals surface area (Å²) in [5.74, 6) is 1.23. The summed E-state index contributed by atoms with van der Waals surface area (Å²) in [6, 6.07) is 26.0. The van der Waals surface area contributed by atoms with E-state index in [-0.39, 0.29) is 24.7 Å². The van der Waals surface area contributed by atoms with Crippen LogP contribution in [0, 0.1) is 0 Å². The molecule has 166 valence electrons. The summed E-state index contributed by atoms with van der Waals surface area (Å²) in [6.07, 6.45) is 1.31. The van der Waals surface area contributed by atoms with Crippen molar-refractivity contribution in [1.82, 2.24) is 5.32 Å². The Morgan fingerprint density at radius 1 is 0.812 bits per heavy atom. The molecule has 32 heavy (non-hydrogen) atoms. The predicted molar refractivity (Wildman–Crippen MR) is 125 cm³/mol. The SMILES string of the molecule is CCCC(=O)NC(COCc1ccccc1)C(=O)Cc1ccc(Oc2ccccc2)cc1. The fourth-order valence-corrected chi connectivity index (χ4v) is 3.20. The van der Waals surface area contributed by atoms with Crippen molar-refractivity contribution in [2.75, 3.05) is 6.61 Å². The zero-order valence-electron chi connectivity index (χ0n) is 18.3. The summed E-state index contributed by atoms with van der Waals surface area (Å²) in [5, 5.41) is 2.83. The van der Waals surface area contributed by atoms with Gasteiger partial charge in [-0.2, -0.15) is 0 Å². The number of hydrogen-bond acceptors (Lipinski definition) is 4. The molecule has 3 aromatic rings. The molecule has 0 aliphatic carbocycles. The number of para-hydroxylation sites is 1. The first-order valence-corrected chi connectivity index (χ1v) is 10.9. The van der Waals surface area contributed by atoms with Gasteiger partial charge in [0.05, 0.1) is 13.2 Å². The number of ether oxygens (including phenoxy) is 2. The third-order valence-electron chi connectivity index (χ3n) is 4.88. The van der Waals surface area contributed by atoms with Crippen LogP contribution in [-0.4, -0.2) is 24.3 Å². The molecule has 0 fully saturated rings. The summed E-state index contributed by atoms with van der Waals surface area (Å²) in [4.78, 5) is 25.1. The highest BCUT2D eigenvalue weighted by molar-refractivity contribution is 5.90. The normalized spacial score (nSPS) is 11.5. The number of carbonyl (C=O) groups excluding carboxylic acids is 2. The van der Waals surface area contributed by atoms with E-state index in [1.165, 1.54) is 0 Å². The van der Waals surface area contributed by atoms with Crippen LogP contribution in [0.4, 0.5) is 0 Å². The van der Waals surface area contributed by atoms with Gasteiger partial charge in [0.25, 0.3) is 0 Å². The van der Waals surface area contributed by atoms with E-state index in [1.807, 2.05) is 91.9 Å². The highest BCUT2D eigenvalue weighted by Gasteiger charge is 2.21. The van der Waals surface area contributed by atoms with Gasteiger partial charge in [0.15, 0.2) is 5.78 Å². The summed E-state index contributed by atoms with van der Waals surface area (Å²) < 4.78 is 11.5. The third-order valence-corrected chi connectivity index (χ3v) is 4.88. The van der Waals surface area contributed by atoms with Gasteiger partial charge < -0.3 is 14.8 Å². The smallest absolute Gasteiger partial charge is 0.220 e. The minimum absolute atomic E-state index is 0.0840. The summed E-state index contributed by atoms with van der Waals surface area (Å²) in [5.41, 5.74) is 1.88. The molecule has 0 spiro atoms. The highest BCUT2D eigenvalue weighted by Crippen LogP contribution is 2.21. The fraction of sp³-hybridized carbons (Fsp3) is 0.259. The molecule has 1 N–H and O–H groups in total. The van der Waals surface area contributed by atoms with Crippen LogP contribution >= 0.6 is 0 Å². The number of benzene rings is 3. The van der Waals surface area contributed by atoms with Crippen LogP contribution in [0.1, 0.15) is 30.9 Å². The Morgan fingerprint density at radius 2 is 1.44 bits per heavy atom. The quantitative estimate of drug-likeness (QED) is 0.434. The molecule has 0 aliphatic rings. The average molecular weight is 432 g/mol. The second-order valence-corrected chi connectivity index (χ2v) is 7.57. The lowest BCUT2D eigenvalue weighted by molar-refractivity contribution is -0.129. The lowest BCUT2D eigenvalue weighted by Crippen LogP contribution is -2.44. The number of Topliss-reactive ketones (excluding diaryl/α,β-unsaturated/α-hetero) is 1. The first-order valence-electron chi connectivity index (χ1n) is 10.9. The number of nitrogens with one attached hydrogen (secondary N) is 1. The Hall–Kier alpha value is -3.44. The molecule has 1 amide bonds. The zero-order valence-corrected chi connectivity index (χ0v) is 18.3. The van der Waals surface area contributed by atoms with E-state index in [0.29, 0.717) is 18.8 Å². The van der Waals surface area contributed by atoms with Gasteiger partial charge in [0, 0.05) is 12.8 Å². The van der Waals surface area contributed by atoms with Crippen molar-refractivity contribution >= 4 is 11.7 Å². The molecule has 3 aromatic carbocycles. The number of ketones is 1. The van der Waals surface area contributed by atoms with Gasteiger partial charge in [-0.1, -0.05) is 67.6 Å². The van der Waals surface area contributed by atoms with E-state index < -0.39 is 6.04 Å². The average Bonchev–Trinajstić information content (AvgIpc) is 2.81. The first kappa shape index (κ1) is 23.2. The molecule has 5 nitrogen and oxygen atoms in total. The number of amides is 1. The fourth-order valence-electron chi connectivity index (χ4n) is 3.20. The number of hydrogen-bond donors (Lipinski definition) is 1. The van der Waals surface area contributed by atoms with E-state index in [0.717, 1.165) is 23.3 Å². The minimum Gasteiger partial charge on any atom is -0.457 e. The monoisotopic (exact) mass is 431 g/mol. The maximum absolute atomic E-state index is 12.9. The molecule has 0 bridgehead atoms. The van der Waals surface area contributed by atoms with Crippen molar-refractivity contribution in [3.63, 3.8) is 0 Å². The maximum Gasteiger partial charge on any atom is 0.220 e. The predicted octanol–water partition coefficient (Wildman–Crippen LogP) is 5.09. The van der Waals surface area contributed by atoms with Crippen LogP contribution < -0.4 is 10.1 Å². The van der Waals surface area contributed by atoms with Crippen molar-refractivity contribution in [3.8, 4) is 11.5 Å². The van der Waals surface area contributed by atoms with Crippen molar-refractivity contribution in [2.24, 2.45) is 0 Å². The van der Waals surface area contributed by atoms with Gasteiger partial charge in [-0.15, -0.1) is 0 Å². The molecule has 0 aliphatic heterocycles. The molecule has 1 unspecified atom stereocenters. The molecule has 0 saturated carbocycles. The summed E-state index contributed by atoms with van der Waals surface area (Å²) in [6.45, 7) is 2.46. The van der Waals surface area contributed by atoms with Crippen molar-refractivity contribution in [3.05, 3.63) is 96.1 Å². The van der Waals surface area contributed by atoms with Crippen LogP contribution in [-0.2, 0) is 27.4 Å². The molecule has 1 atom stereocenters. The number of carbonyl (C=O) groups is 2. The lowest BCUT2D eigenvalue weighted by Gasteiger charge is -2.18. The summed E-state index contributed by atoms with van der Waals surface area (Å²) in [7, 11) is 0. The Labute approximate surface area is 189 Å². The molecule has 0 radical (unpaired) electrons. The number of rotatable bonds is 12. The lowest BCUT2D eigenvalue weighted by atomic mass is 10.0. The Bertz CT molecular complexity index is 972. The Balaban J connectivity index is 1.58. The third kappa shape index (κ3) is 7.67. The maximum atomic E-state index is 12.9. The molecule has 0 heterocycles. The molecule has 0 aromatic heterocycles. The highest BCUT2D eigenvalue weighted by atomic mass is 16.5. The molecule has 5 heteroatoms. The van der Waals surface area contributed by atoms with Crippen LogP contribution in [0.3, 0.4) is 0 Å². The Morgan fingerprint density at radius 3 is 2.09 bits per heavy atom. The van der Waals surface area contributed by atoms with Crippen LogP contribution in [0.2, 0.25) is 0 Å². The van der Waals surface area contributed by atoms with Crippen molar-refractivity contribution < 1.29 is 19.1 Å². The van der Waals surface area contributed by atoms with Crippen LogP contribution in [0.15, 0.2) is 84.9 Å². The van der Waals surface area contributed by atoms with Crippen LogP contribution in [0.5, 0.6) is 11.5 Å². The first-order chi connectivity index (χ1) is 15.6. The van der Waals surface area contributed by atoms with E-state index in [9.17, 15) is 9.59 Å². The van der Waals surface area contributed by atoms with Crippen molar-refractivity contribution in [1.29, 1.82) is 0 Å². The van der Waals surface area contributed by atoms with Crippen molar-refractivity contribution in [2.45, 2.75) is 38.8 Å². The van der Waals surface area contributed by atoms with Gasteiger partial charge in [0.2, 0.25) is 5.91 Å². The molecular formula is C27H29NO4. The molecule has 0 saturated heterocycles. The van der Waals surface area contributed by atoms with E-state index >= 15 is 0 Å². The van der Waals surface area contributed by atoms with E-state index in [4.69, 9.17) is 9.47 Å². The van der Waals surface area contributed by atoms with Gasteiger partial charge >= 0.3 is 0 Å². The molecule has 3 rings (SSSR count). The summed E-state index contributed by atoms with van der Waals surface area (Å²) >= 11 is 0. The topological polar surface area (TPSA) is 64.6 Å². The largest absolute Gasteiger partial charge is 0.457 e. The second-order valence-electron chi connectivity index (χ2n) is 7.57. The van der Waals surface area contributed by atoms with E-state index in [1.54, 1.807) is 0 Å². The van der Waals surface area contributed by atoms with Gasteiger partial charge in [-0.3, -0.25) is 9.59 Å².